The largest absolute Gasteiger partial charge is 0.451 e. The first kappa shape index (κ1) is 18.0. The molecule has 0 fully saturated rings. The molecule has 0 bridgehead atoms. The summed E-state index contributed by atoms with van der Waals surface area (Å²) in [4.78, 5) is 34.4. The molecular weight excluding hydrogens is 354 g/mol. The number of nitrogens with one attached hydrogen (secondary N) is 1. The normalized spacial score (nSPS) is 11.7. The van der Waals surface area contributed by atoms with Crippen molar-refractivity contribution in [2.24, 2.45) is 0 Å². The maximum absolute atomic E-state index is 12.2. The van der Waals surface area contributed by atoms with E-state index in [1.54, 1.807) is 24.3 Å². The Labute approximate surface area is 152 Å². The van der Waals surface area contributed by atoms with Crippen molar-refractivity contribution in [3.05, 3.63) is 58.6 Å². The van der Waals surface area contributed by atoms with Gasteiger partial charge in [-0.1, -0.05) is 23.4 Å². The maximum Gasteiger partial charge on any atom is 0.328 e. The number of anilines is 1. The van der Waals surface area contributed by atoms with Gasteiger partial charge in [0.15, 0.2) is 6.10 Å². The van der Waals surface area contributed by atoms with Gasteiger partial charge in [-0.2, -0.15) is 0 Å². The van der Waals surface area contributed by atoms with Gasteiger partial charge in [-0.15, -0.1) is 5.10 Å². The summed E-state index contributed by atoms with van der Waals surface area (Å²) in [6.07, 6.45) is -1.09. The summed E-state index contributed by atoms with van der Waals surface area (Å²) >= 11 is 0. The van der Waals surface area contributed by atoms with Crippen LogP contribution in [0.25, 0.3) is 11.0 Å². The zero-order valence-electron chi connectivity index (χ0n) is 14.2. The van der Waals surface area contributed by atoms with E-state index in [4.69, 9.17) is 4.74 Å². The first-order valence-corrected chi connectivity index (χ1v) is 7.97. The third-order valence-corrected chi connectivity index (χ3v) is 3.70. The van der Waals surface area contributed by atoms with Crippen LogP contribution in [0.3, 0.4) is 0 Å². The van der Waals surface area contributed by atoms with E-state index in [0.29, 0.717) is 11.0 Å². The van der Waals surface area contributed by atoms with E-state index in [9.17, 15) is 19.7 Å². The van der Waals surface area contributed by atoms with Crippen molar-refractivity contribution in [1.29, 1.82) is 0 Å². The minimum atomic E-state index is -1.09. The van der Waals surface area contributed by atoms with Gasteiger partial charge in [0.1, 0.15) is 12.1 Å². The molecule has 1 N–H and O–H groups in total. The van der Waals surface area contributed by atoms with Gasteiger partial charge in [-0.3, -0.25) is 19.7 Å². The second-order valence-corrected chi connectivity index (χ2v) is 5.66. The minimum Gasteiger partial charge on any atom is -0.451 e. The number of non-ortho nitro benzene ring substituents is 1. The molecule has 2 aromatic carbocycles. The van der Waals surface area contributed by atoms with Crippen LogP contribution in [-0.2, 0) is 20.9 Å². The molecule has 1 amide bonds. The van der Waals surface area contributed by atoms with Crippen LogP contribution >= 0.6 is 0 Å². The van der Waals surface area contributed by atoms with Crippen molar-refractivity contribution in [3.63, 3.8) is 0 Å². The van der Waals surface area contributed by atoms with Crippen molar-refractivity contribution in [3.8, 4) is 0 Å². The van der Waals surface area contributed by atoms with Crippen LogP contribution < -0.4 is 5.32 Å². The summed E-state index contributed by atoms with van der Waals surface area (Å²) in [7, 11) is 0. The Morgan fingerprint density at radius 2 is 2.04 bits per heavy atom. The summed E-state index contributed by atoms with van der Waals surface area (Å²) in [6.45, 7) is 1.21. The average molecular weight is 369 g/mol. The lowest BCUT2D eigenvalue weighted by Crippen LogP contribution is -2.31. The number of carbonyl (C=O) groups is 2. The van der Waals surface area contributed by atoms with Crippen molar-refractivity contribution in [1.82, 2.24) is 15.0 Å². The highest BCUT2D eigenvalue weighted by Gasteiger charge is 2.20. The molecule has 3 rings (SSSR count). The van der Waals surface area contributed by atoms with Gasteiger partial charge in [0.2, 0.25) is 0 Å². The van der Waals surface area contributed by atoms with E-state index in [0.717, 1.165) is 0 Å². The third-order valence-electron chi connectivity index (χ3n) is 3.70. The molecule has 1 heterocycles. The molecule has 0 radical (unpaired) electrons. The zero-order valence-corrected chi connectivity index (χ0v) is 14.2. The number of hydrogen-bond donors (Lipinski definition) is 1. The smallest absolute Gasteiger partial charge is 0.328 e. The number of para-hydroxylation sites is 1. The highest BCUT2D eigenvalue weighted by atomic mass is 16.6. The van der Waals surface area contributed by atoms with Gasteiger partial charge in [0.05, 0.1) is 10.4 Å². The molecule has 0 aliphatic carbocycles. The number of fused-ring (bicyclic) bond motifs is 1. The molecule has 1 unspecified atom stereocenters. The zero-order chi connectivity index (χ0) is 19.4. The summed E-state index contributed by atoms with van der Waals surface area (Å²) in [6, 6.07) is 12.6. The molecule has 138 valence electrons. The van der Waals surface area contributed by atoms with Gasteiger partial charge in [0, 0.05) is 17.8 Å². The maximum atomic E-state index is 12.2. The fraction of sp³-hybridized carbons (Fsp3) is 0.176. The lowest BCUT2D eigenvalue weighted by molar-refractivity contribution is -0.384. The van der Waals surface area contributed by atoms with E-state index in [2.05, 4.69) is 15.6 Å². The quantitative estimate of drug-likeness (QED) is 0.399. The van der Waals surface area contributed by atoms with Crippen molar-refractivity contribution >= 4 is 34.3 Å². The Hall–Kier alpha value is -3.82. The topological polar surface area (TPSA) is 129 Å². The lowest BCUT2D eigenvalue weighted by atomic mass is 10.2. The standard InChI is InChI=1S/C17H15N5O5/c1-11(17(24)18-12-5-4-6-13(9-12)22(25)26)27-16(23)10-21-15-8-3-2-7-14(15)19-20-21/h2-9,11H,10H2,1H3,(H,18,24). The van der Waals surface area contributed by atoms with Gasteiger partial charge in [-0.25, -0.2) is 4.68 Å². The van der Waals surface area contributed by atoms with Crippen molar-refractivity contribution in [2.45, 2.75) is 19.6 Å². The van der Waals surface area contributed by atoms with E-state index in [-0.39, 0.29) is 17.9 Å². The van der Waals surface area contributed by atoms with Crippen molar-refractivity contribution < 1.29 is 19.2 Å². The van der Waals surface area contributed by atoms with Crippen LogP contribution in [0.5, 0.6) is 0 Å². The van der Waals surface area contributed by atoms with E-state index >= 15 is 0 Å². The molecule has 0 spiro atoms. The number of esters is 1. The van der Waals surface area contributed by atoms with Crippen molar-refractivity contribution in [2.75, 3.05) is 5.32 Å². The summed E-state index contributed by atoms with van der Waals surface area (Å²) < 4.78 is 6.49. The number of hydrogen-bond acceptors (Lipinski definition) is 7. The number of aromatic nitrogens is 3. The Kier molecular flexibility index (Phi) is 5.06. The molecule has 10 heteroatoms. The van der Waals surface area contributed by atoms with Crippen LogP contribution in [0, 0.1) is 10.1 Å². The molecule has 27 heavy (non-hydrogen) atoms. The second-order valence-electron chi connectivity index (χ2n) is 5.66. The molecule has 0 saturated carbocycles. The number of nitro benzene ring substituents is 1. The molecule has 3 aromatic rings. The number of benzene rings is 2. The second kappa shape index (κ2) is 7.60. The van der Waals surface area contributed by atoms with Gasteiger partial charge in [0.25, 0.3) is 11.6 Å². The minimum absolute atomic E-state index is 0.157. The molecular formula is C17H15N5O5. The Balaban J connectivity index is 1.60. The first-order chi connectivity index (χ1) is 12.9. The van der Waals surface area contributed by atoms with E-state index < -0.39 is 22.9 Å². The fourth-order valence-electron chi connectivity index (χ4n) is 2.39. The van der Waals surface area contributed by atoms with Crippen LogP contribution in [0.4, 0.5) is 11.4 Å². The summed E-state index contributed by atoms with van der Waals surface area (Å²) in [5.41, 5.74) is 1.39. The predicted molar refractivity (Wildman–Crippen MR) is 94.8 cm³/mol. The molecule has 1 atom stereocenters. The van der Waals surface area contributed by atoms with Crippen LogP contribution in [0.2, 0.25) is 0 Å². The van der Waals surface area contributed by atoms with Gasteiger partial charge >= 0.3 is 5.97 Å². The summed E-state index contributed by atoms with van der Waals surface area (Å²) in [5, 5.41) is 21.1. The van der Waals surface area contributed by atoms with Crippen LogP contribution in [-0.4, -0.2) is 37.9 Å². The number of rotatable bonds is 6. The predicted octanol–water partition coefficient (Wildman–Crippen LogP) is 1.91. The highest BCUT2D eigenvalue weighted by Crippen LogP contribution is 2.17. The highest BCUT2D eigenvalue weighted by molar-refractivity contribution is 5.95. The number of nitrogens with zero attached hydrogens (tertiary/aromatic N) is 4. The summed E-state index contributed by atoms with van der Waals surface area (Å²) in [5.74, 6) is -1.26. The molecule has 0 saturated heterocycles. The molecule has 1 aromatic heterocycles. The van der Waals surface area contributed by atoms with E-state index in [1.165, 1.54) is 35.9 Å². The monoisotopic (exact) mass is 369 g/mol. The molecule has 0 aliphatic rings. The number of amides is 1. The van der Waals surface area contributed by atoms with Gasteiger partial charge in [-0.05, 0) is 25.1 Å². The van der Waals surface area contributed by atoms with Crippen LogP contribution in [0.15, 0.2) is 48.5 Å². The molecule has 0 aliphatic heterocycles. The van der Waals surface area contributed by atoms with Crippen LogP contribution in [0.1, 0.15) is 6.92 Å². The molecule has 10 nitrogen and oxygen atoms in total. The van der Waals surface area contributed by atoms with Gasteiger partial charge < -0.3 is 10.1 Å². The fourth-order valence-corrected chi connectivity index (χ4v) is 2.39. The lowest BCUT2D eigenvalue weighted by Gasteiger charge is -2.13. The Morgan fingerprint density at radius 3 is 2.81 bits per heavy atom. The third kappa shape index (κ3) is 4.24. The number of ether oxygens (including phenoxy) is 1. The number of nitro groups is 1. The Morgan fingerprint density at radius 1 is 1.26 bits per heavy atom. The van der Waals surface area contributed by atoms with E-state index in [1.807, 2.05) is 0 Å². The first-order valence-electron chi connectivity index (χ1n) is 7.97. The number of carbonyl (C=O) groups excluding carboxylic acids is 2. The Bertz CT molecular complexity index is 1020. The average Bonchev–Trinajstić information content (AvgIpc) is 3.04. The SMILES string of the molecule is CC(OC(=O)Cn1nnc2ccccc21)C(=O)Nc1cccc([N+](=O)[O-])c1.